The number of hydrogen-bond acceptors (Lipinski definition) is 2. The number of pyridine rings is 1. The lowest BCUT2D eigenvalue weighted by molar-refractivity contribution is 0.670. The van der Waals surface area contributed by atoms with E-state index in [0.29, 0.717) is 0 Å². The molecule has 0 radical (unpaired) electrons. The zero-order valence-corrected chi connectivity index (χ0v) is 10.6. The SMILES string of the molecule is CNC(c1cccc(C)c1)c1cc(C)ccn1. The summed E-state index contributed by atoms with van der Waals surface area (Å²) in [5.41, 5.74) is 4.84. The van der Waals surface area contributed by atoms with Crippen LogP contribution in [0.25, 0.3) is 0 Å². The van der Waals surface area contributed by atoms with E-state index >= 15 is 0 Å². The van der Waals surface area contributed by atoms with Crippen molar-refractivity contribution in [2.75, 3.05) is 7.05 Å². The van der Waals surface area contributed by atoms with Gasteiger partial charge >= 0.3 is 0 Å². The highest BCUT2D eigenvalue weighted by atomic mass is 14.9. The third-order valence-corrected chi connectivity index (χ3v) is 2.90. The molecule has 1 N–H and O–H groups in total. The molecule has 17 heavy (non-hydrogen) atoms. The van der Waals surface area contributed by atoms with E-state index in [2.05, 4.69) is 54.5 Å². The van der Waals surface area contributed by atoms with Gasteiger partial charge in [0.2, 0.25) is 0 Å². The molecule has 2 nitrogen and oxygen atoms in total. The van der Waals surface area contributed by atoms with Crippen molar-refractivity contribution < 1.29 is 0 Å². The second kappa shape index (κ2) is 5.11. The van der Waals surface area contributed by atoms with Crippen molar-refractivity contribution in [3.8, 4) is 0 Å². The summed E-state index contributed by atoms with van der Waals surface area (Å²) >= 11 is 0. The maximum atomic E-state index is 4.45. The number of hydrogen-bond donors (Lipinski definition) is 1. The Morgan fingerprint density at radius 3 is 2.47 bits per heavy atom. The van der Waals surface area contributed by atoms with Crippen molar-refractivity contribution in [3.05, 3.63) is 65.0 Å². The maximum absolute atomic E-state index is 4.45. The highest BCUT2D eigenvalue weighted by Crippen LogP contribution is 2.21. The summed E-state index contributed by atoms with van der Waals surface area (Å²) in [6, 6.07) is 12.8. The molecule has 0 aliphatic rings. The van der Waals surface area contributed by atoms with Crippen LogP contribution in [0.5, 0.6) is 0 Å². The minimum atomic E-state index is 0.162. The molecular weight excluding hydrogens is 208 g/mol. The van der Waals surface area contributed by atoms with Crippen molar-refractivity contribution in [3.63, 3.8) is 0 Å². The number of aryl methyl sites for hydroxylation is 2. The van der Waals surface area contributed by atoms with Crippen LogP contribution in [0, 0.1) is 13.8 Å². The first-order chi connectivity index (χ1) is 8.20. The van der Waals surface area contributed by atoms with Crippen LogP contribution in [0.4, 0.5) is 0 Å². The molecular formula is C15H18N2. The Bertz CT molecular complexity index is 460. The fraction of sp³-hybridized carbons (Fsp3) is 0.267. The van der Waals surface area contributed by atoms with Gasteiger partial charge in [0.25, 0.3) is 0 Å². The Hall–Kier alpha value is -1.67. The Morgan fingerprint density at radius 2 is 1.82 bits per heavy atom. The molecule has 0 fully saturated rings. The van der Waals surface area contributed by atoms with Crippen molar-refractivity contribution in [2.45, 2.75) is 19.9 Å². The quantitative estimate of drug-likeness (QED) is 0.870. The topological polar surface area (TPSA) is 24.9 Å². The third-order valence-electron chi connectivity index (χ3n) is 2.90. The Kier molecular flexibility index (Phi) is 3.55. The van der Waals surface area contributed by atoms with Crippen molar-refractivity contribution >= 4 is 0 Å². The lowest BCUT2D eigenvalue weighted by Gasteiger charge is -2.17. The van der Waals surface area contributed by atoms with Gasteiger partial charge in [-0.1, -0.05) is 29.8 Å². The molecule has 88 valence electrons. The van der Waals surface area contributed by atoms with Crippen LogP contribution < -0.4 is 5.32 Å². The van der Waals surface area contributed by atoms with Gasteiger partial charge < -0.3 is 5.32 Å². The molecule has 2 rings (SSSR count). The van der Waals surface area contributed by atoms with Gasteiger partial charge in [-0.25, -0.2) is 0 Å². The summed E-state index contributed by atoms with van der Waals surface area (Å²) in [6.07, 6.45) is 1.87. The summed E-state index contributed by atoms with van der Waals surface area (Å²) in [6.45, 7) is 4.20. The molecule has 0 saturated heterocycles. The molecule has 1 atom stereocenters. The highest BCUT2D eigenvalue weighted by molar-refractivity contribution is 5.32. The summed E-state index contributed by atoms with van der Waals surface area (Å²) in [7, 11) is 1.97. The van der Waals surface area contributed by atoms with Crippen LogP contribution in [0.3, 0.4) is 0 Å². The van der Waals surface area contributed by atoms with Crippen LogP contribution in [0.15, 0.2) is 42.6 Å². The van der Waals surface area contributed by atoms with E-state index in [9.17, 15) is 0 Å². The number of nitrogens with zero attached hydrogens (tertiary/aromatic N) is 1. The first-order valence-electron chi connectivity index (χ1n) is 5.87. The molecule has 1 aromatic carbocycles. The predicted octanol–water partition coefficient (Wildman–Crippen LogP) is 3.01. The number of nitrogens with one attached hydrogen (secondary N) is 1. The van der Waals surface area contributed by atoms with Crippen molar-refractivity contribution in [2.24, 2.45) is 0 Å². The predicted molar refractivity (Wildman–Crippen MR) is 71.1 cm³/mol. The van der Waals surface area contributed by atoms with E-state index in [4.69, 9.17) is 0 Å². The zero-order chi connectivity index (χ0) is 12.3. The van der Waals surface area contributed by atoms with Gasteiger partial charge in [-0.2, -0.15) is 0 Å². The smallest absolute Gasteiger partial charge is 0.0749 e. The third kappa shape index (κ3) is 2.71. The molecule has 0 amide bonds. The Balaban J connectivity index is 2.40. The van der Waals surface area contributed by atoms with Gasteiger partial charge in [0.15, 0.2) is 0 Å². The average Bonchev–Trinajstić information content (AvgIpc) is 2.30. The van der Waals surface area contributed by atoms with Gasteiger partial charge in [0.05, 0.1) is 11.7 Å². The monoisotopic (exact) mass is 226 g/mol. The maximum Gasteiger partial charge on any atom is 0.0749 e. The van der Waals surface area contributed by atoms with E-state index in [0.717, 1.165) is 5.69 Å². The summed E-state index contributed by atoms with van der Waals surface area (Å²) in [5, 5.41) is 3.33. The minimum Gasteiger partial charge on any atom is -0.308 e. The molecule has 0 bridgehead atoms. The van der Waals surface area contributed by atoms with E-state index in [-0.39, 0.29) is 6.04 Å². The summed E-state index contributed by atoms with van der Waals surface area (Å²) in [4.78, 5) is 4.45. The molecule has 1 unspecified atom stereocenters. The standard InChI is InChI=1S/C15H18N2/c1-11-5-4-6-13(9-11)15(16-3)14-10-12(2)7-8-17-14/h4-10,15-16H,1-3H3. The fourth-order valence-electron chi connectivity index (χ4n) is 2.05. The minimum absolute atomic E-state index is 0.162. The molecule has 2 heteroatoms. The van der Waals surface area contributed by atoms with Crippen molar-refractivity contribution in [1.82, 2.24) is 10.3 Å². The molecule has 0 aliphatic carbocycles. The summed E-state index contributed by atoms with van der Waals surface area (Å²) < 4.78 is 0. The Morgan fingerprint density at radius 1 is 1.06 bits per heavy atom. The van der Waals surface area contributed by atoms with E-state index in [1.807, 2.05) is 19.3 Å². The van der Waals surface area contributed by atoms with Crippen molar-refractivity contribution in [1.29, 1.82) is 0 Å². The van der Waals surface area contributed by atoms with Crippen LogP contribution in [0.1, 0.15) is 28.4 Å². The van der Waals surface area contributed by atoms with Gasteiger partial charge in [-0.05, 0) is 44.2 Å². The van der Waals surface area contributed by atoms with Gasteiger partial charge in [-0.15, -0.1) is 0 Å². The Labute approximate surface area is 103 Å². The van der Waals surface area contributed by atoms with Gasteiger partial charge in [-0.3, -0.25) is 4.98 Å². The van der Waals surface area contributed by atoms with Crippen LogP contribution in [-0.4, -0.2) is 12.0 Å². The molecule has 0 aliphatic heterocycles. The largest absolute Gasteiger partial charge is 0.308 e. The van der Waals surface area contributed by atoms with E-state index in [1.54, 1.807) is 0 Å². The van der Waals surface area contributed by atoms with E-state index in [1.165, 1.54) is 16.7 Å². The van der Waals surface area contributed by atoms with Gasteiger partial charge in [0, 0.05) is 6.20 Å². The lowest BCUT2D eigenvalue weighted by Crippen LogP contribution is -2.19. The molecule has 1 aromatic heterocycles. The zero-order valence-electron chi connectivity index (χ0n) is 10.6. The molecule has 0 saturated carbocycles. The number of aromatic nitrogens is 1. The van der Waals surface area contributed by atoms with Crippen LogP contribution in [-0.2, 0) is 0 Å². The fourth-order valence-corrected chi connectivity index (χ4v) is 2.05. The van der Waals surface area contributed by atoms with Crippen LogP contribution >= 0.6 is 0 Å². The normalized spacial score (nSPS) is 12.4. The average molecular weight is 226 g/mol. The second-order valence-corrected chi connectivity index (χ2v) is 4.39. The van der Waals surface area contributed by atoms with Crippen LogP contribution in [0.2, 0.25) is 0 Å². The molecule has 2 aromatic rings. The molecule has 0 spiro atoms. The van der Waals surface area contributed by atoms with Gasteiger partial charge in [0.1, 0.15) is 0 Å². The van der Waals surface area contributed by atoms with E-state index < -0.39 is 0 Å². The summed E-state index contributed by atoms with van der Waals surface area (Å²) in [5.74, 6) is 0. The number of rotatable bonds is 3. The lowest BCUT2D eigenvalue weighted by atomic mass is 10.0. The molecule has 1 heterocycles. The number of benzene rings is 1. The highest BCUT2D eigenvalue weighted by Gasteiger charge is 2.13. The first-order valence-corrected chi connectivity index (χ1v) is 5.87. The second-order valence-electron chi connectivity index (χ2n) is 4.39. The first kappa shape index (κ1) is 11.8.